The van der Waals surface area contributed by atoms with Crippen LogP contribution in [0.5, 0.6) is 11.5 Å². The number of aromatic nitrogens is 1. The highest BCUT2D eigenvalue weighted by molar-refractivity contribution is 7.09. The predicted molar refractivity (Wildman–Crippen MR) is 76.9 cm³/mol. The van der Waals surface area contributed by atoms with Crippen molar-refractivity contribution in [3.8, 4) is 11.5 Å². The molecule has 1 aromatic heterocycles. The number of hydrogen-bond acceptors (Lipinski definition) is 5. The zero-order valence-electron chi connectivity index (χ0n) is 11.1. The Bertz CT molecular complexity index is 540. The minimum absolute atomic E-state index is 0.211. The minimum Gasteiger partial charge on any atom is -0.504 e. The number of nitrogens with zero attached hydrogens (tertiary/aromatic N) is 1. The molecule has 0 amide bonds. The summed E-state index contributed by atoms with van der Waals surface area (Å²) in [6.07, 6.45) is 0.906. The molecule has 0 aliphatic heterocycles. The molecular weight excluding hydrogens is 260 g/mol. The average Bonchev–Trinajstić information content (AvgIpc) is 2.82. The van der Waals surface area contributed by atoms with Crippen LogP contribution in [0.25, 0.3) is 0 Å². The van der Waals surface area contributed by atoms with Crippen LogP contribution >= 0.6 is 11.3 Å². The lowest BCUT2D eigenvalue weighted by Crippen LogP contribution is -2.16. The molecule has 19 heavy (non-hydrogen) atoms. The lowest BCUT2D eigenvalue weighted by molar-refractivity contribution is 0.369. The highest BCUT2D eigenvalue weighted by Gasteiger charge is 2.06. The summed E-state index contributed by atoms with van der Waals surface area (Å²) in [5.41, 5.74) is 1.92. The van der Waals surface area contributed by atoms with Crippen molar-refractivity contribution < 1.29 is 9.84 Å². The number of rotatable bonds is 6. The molecule has 4 nitrogen and oxygen atoms in total. The highest BCUT2D eigenvalue weighted by Crippen LogP contribution is 2.29. The third kappa shape index (κ3) is 3.68. The van der Waals surface area contributed by atoms with E-state index in [9.17, 15) is 5.11 Å². The number of methoxy groups -OCH3 is 1. The van der Waals surface area contributed by atoms with Gasteiger partial charge in [0.2, 0.25) is 0 Å². The standard InChI is InChI=1S/C14H18N2O2S/c1-10-9-19-13(16-10)6-7-15-8-11-4-3-5-12(18-2)14(11)17/h3-5,9,15,17H,6-8H2,1-2H3. The molecule has 102 valence electrons. The van der Waals surface area contributed by atoms with Gasteiger partial charge in [-0.15, -0.1) is 11.3 Å². The molecule has 2 rings (SSSR count). The highest BCUT2D eigenvalue weighted by atomic mass is 32.1. The Morgan fingerprint density at radius 2 is 2.26 bits per heavy atom. The molecule has 0 aliphatic carbocycles. The second-order valence-electron chi connectivity index (χ2n) is 4.28. The lowest BCUT2D eigenvalue weighted by Gasteiger charge is -2.09. The molecule has 2 aromatic rings. The number of hydrogen-bond donors (Lipinski definition) is 2. The third-order valence-corrected chi connectivity index (χ3v) is 3.83. The number of phenolic OH excluding ortho intramolecular Hbond substituents is 1. The van der Waals surface area contributed by atoms with Gasteiger partial charge in [0, 0.05) is 36.1 Å². The zero-order chi connectivity index (χ0) is 13.7. The number of aromatic hydroxyl groups is 1. The fraction of sp³-hybridized carbons (Fsp3) is 0.357. The summed E-state index contributed by atoms with van der Waals surface area (Å²) in [5, 5.41) is 16.4. The summed E-state index contributed by atoms with van der Waals surface area (Å²) in [6.45, 7) is 3.46. The molecular formula is C14H18N2O2S. The number of phenols is 1. The quantitative estimate of drug-likeness (QED) is 0.797. The van der Waals surface area contributed by atoms with Gasteiger partial charge in [-0.05, 0) is 13.0 Å². The Hall–Kier alpha value is -1.59. The molecule has 0 saturated carbocycles. The van der Waals surface area contributed by atoms with Gasteiger partial charge in [0.25, 0.3) is 0 Å². The number of aryl methyl sites for hydroxylation is 1. The van der Waals surface area contributed by atoms with Gasteiger partial charge in [0.1, 0.15) is 0 Å². The molecule has 0 aliphatic rings. The van der Waals surface area contributed by atoms with Crippen LogP contribution in [0.15, 0.2) is 23.6 Å². The van der Waals surface area contributed by atoms with E-state index in [4.69, 9.17) is 4.74 Å². The summed E-state index contributed by atoms with van der Waals surface area (Å²) < 4.78 is 5.08. The number of para-hydroxylation sites is 1. The third-order valence-electron chi connectivity index (χ3n) is 2.80. The summed E-state index contributed by atoms with van der Waals surface area (Å²) in [7, 11) is 1.55. The van der Waals surface area contributed by atoms with Crippen LogP contribution in [-0.2, 0) is 13.0 Å². The summed E-state index contributed by atoms with van der Waals surface area (Å²) >= 11 is 1.68. The van der Waals surface area contributed by atoms with Crippen LogP contribution in [-0.4, -0.2) is 23.7 Å². The number of benzene rings is 1. The molecule has 0 radical (unpaired) electrons. The van der Waals surface area contributed by atoms with Gasteiger partial charge in [0.05, 0.1) is 12.1 Å². The molecule has 2 N–H and O–H groups in total. The lowest BCUT2D eigenvalue weighted by atomic mass is 10.2. The normalized spacial score (nSPS) is 10.6. The SMILES string of the molecule is COc1cccc(CNCCc2nc(C)cs2)c1O. The van der Waals surface area contributed by atoms with Crippen molar-refractivity contribution in [2.75, 3.05) is 13.7 Å². The van der Waals surface area contributed by atoms with Crippen LogP contribution < -0.4 is 10.1 Å². The fourth-order valence-corrected chi connectivity index (χ4v) is 2.59. The first kappa shape index (κ1) is 13.8. The molecule has 0 unspecified atom stereocenters. The van der Waals surface area contributed by atoms with E-state index in [1.165, 1.54) is 0 Å². The van der Waals surface area contributed by atoms with E-state index in [2.05, 4.69) is 15.7 Å². The molecule has 0 fully saturated rings. The second kappa shape index (κ2) is 6.54. The van der Waals surface area contributed by atoms with E-state index in [-0.39, 0.29) is 5.75 Å². The van der Waals surface area contributed by atoms with Gasteiger partial charge in [0.15, 0.2) is 11.5 Å². The topological polar surface area (TPSA) is 54.4 Å². The summed E-state index contributed by atoms with van der Waals surface area (Å²) in [4.78, 5) is 4.41. The van der Waals surface area contributed by atoms with E-state index < -0.39 is 0 Å². The van der Waals surface area contributed by atoms with Crippen molar-refractivity contribution in [1.82, 2.24) is 10.3 Å². The van der Waals surface area contributed by atoms with E-state index >= 15 is 0 Å². The van der Waals surface area contributed by atoms with Gasteiger partial charge in [-0.1, -0.05) is 12.1 Å². The van der Waals surface area contributed by atoms with Gasteiger partial charge in [-0.3, -0.25) is 0 Å². The average molecular weight is 278 g/mol. The number of ether oxygens (including phenoxy) is 1. The Kier molecular flexibility index (Phi) is 4.76. The summed E-state index contributed by atoms with van der Waals surface area (Å²) in [6, 6.07) is 5.51. The van der Waals surface area contributed by atoms with E-state index in [1.54, 1.807) is 24.5 Å². The second-order valence-corrected chi connectivity index (χ2v) is 5.22. The predicted octanol–water partition coefficient (Wildman–Crippen LogP) is 2.50. The van der Waals surface area contributed by atoms with Crippen molar-refractivity contribution in [3.05, 3.63) is 39.8 Å². The molecule has 1 aromatic carbocycles. The first-order valence-electron chi connectivity index (χ1n) is 6.17. The van der Waals surface area contributed by atoms with Crippen molar-refractivity contribution >= 4 is 11.3 Å². The van der Waals surface area contributed by atoms with Crippen molar-refractivity contribution in [1.29, 1.82) is 0 Å². The van der Waals surface area contributed by atoms with Gasteiger partial charge in [-0.2, -0.15) is 0 Å². The number of thiazole rings is 1. The van der Waals surface area contributed by atoms with Crippen molar-refractivity contribution in [2.45, 2.75) is 19.9 Å². The van der Waals surface area contributed by atoms with Crippen molar-refractivity contribution in [3.63, 3.8) is 0 Å². The van der Waals surface area contributed by atoms with Gasteiger partial charge < -0.3 is 15.2 Å². The van der Waals surface area contributed by atoms with Crippen LogP contribution in [0.2, 0.25) is 0 Å². The molecule has 0 saturated heterocycles. The molecule has 0 spiro atoms. The van der Waals surface area contributed by atoms with Crippen molar-refractivity contribution in [2.24, 2.45) is 0 Å². The fourth-order valence-electron chi connectivity index (χ4n) is 1.81. The molecule has 0 atom stereocenters. The largest absolute Gasteiger partial charge is 0.504 e. The van der Waals surface area contributed by atoms with Gasteiger partial charge in [-0.25, -0.2) is 4.98 Å². The molecule has 0 bridgehead atoms. The Morgan fingerprint density at radius 1 is 1.42 bits per heavy atom. The van der Waals surface area contributed by atoms with Crippen LogP contribution in [0.4, 0.5) is 0 Å². The van der Waals surface area contributed by atoms with Crippen LogP contribution in [0.1, 0.15) is 16.3 Å². The number of nitrogens with one attached hydrogen (secondary N) is 1. The van der Waals surface area contributed by atoms with Gasteiger partial charge >= 0.3 is 0 Å². The van der Waals surface area contributed by atoms with E-state index in [1.807, 2.05) is 19.1 Å². The van der Waals surface area contributed by atoms with Crippen LogP contribution in [0, 0.1) is 6.92 Å². The summed E-state index contributed by atoms with van der Waals surface area (Å²) in [5.74, 6) is 0.720. The van der Waals surface area contributed by atoms with E-state index in [0.29, 0.717) is 12.3 Å². The first-order valence-corrected chi connectivity index (χ1v) is 7.05. The maximum absolute atomic E-state index is 9.93. The zero-order valence-corrected chi connectivity index (χ0v) is 12.0. The monoisotopic (exact) mass is 278 g/mol. The minimum atomic E-state index is 0.211. The smallest absolute Gasteiger partial charge is 0.162 e. The van der Waals surface area contributed by atoms with E-state index in [0.717, 1.165) is 29.2 Å². The maximum Gasteiger partial charge on any atom is 0.162 e. The maximum atomic E-state index is 9.93. The molecule has 5 heteroatoms. The van der Waals surface area contributed by atoms with Crippen LogP contribution in [0.3, 0.4) is 0 Å². The first-order chi connectivity index (χ1) is 9.20. The molecule has 1 heterocycles. The Labute approximate surface area is 117 Å². The Balaban J connectivity index is 1.82. The Morgan fingerprint density at radius 3 is 2.95 bits per heavy atom.